The van der Waals surface area contributed by atoms with Gasteiger partial charge in [-0.25, -0.2) is 4.98 Å². The number of carboxylic acid groups (broad SMARTS) is 1. The number of aliphatic carboxylic acids is 1. The maximum absolute atomic E-state index is 11.3. The third-order valence-corrected chi connectivity index (χ3v) is 6.91. The summed E-state index contributed by atoms with van der Waals surface area (Å²) in [6.07, 6.45) is 3.71. The molecule has 6 nitrogen and oxygen atoms in total. The summed E-state index contributed by atoms with van der Waals surface area (Å²) in [5.74, 6) is 2.61. The first-order valence-corrected chi connectivity index (χ1v) is 12.5. The number of nitrogens with one attached hydrogen (secondary N) is 1. The highest BCUT2D eigenvalue weighted by Crippen LogP contribution is 2.44. The highest BCUT2D eigenvalue weighted by molar-refractivity contribution is 5.82. The Bertz CT molecular complexity index is 1130. The molecule has 2 N–H and O–H groups in total. The topological polar surface area (TPSA) is 76.4 Å². The Balaban J connectivity index is 1.76. The standard InChI is InChI=1S/C28H37N3O3/c1-17(2)23-12-6-19(5)14-26(23)31-25-13-7-20(16-27(32)33)15-24(25)30-28(31)29-21-8-10-22(11-9-21)34-18(3)4/h7-11,13,15,17-19,23,26H,6,12,14,16H2,1-5H3,(H,29,30)(H,32,33)/t19-,23+,26-/m1/s1. The lowest BCUT2D eigenvalue weighted by atomic mass is 9.74. The van der Waals surface area contributed by atoms with E-state index in [4.69, 9.17) is 9.72 Å². The molecule has 1 aromatic heterocycles. The van der Waals surface area contributed by atoms with Crippen LogP contribution < -0.4 is 10.1 Å². The van der Waals surface area contributed by atoms with Crippen molar-refractivity contribution in [2.75, 3.05) is 5.32 Å². The lowest BCUT2D eigenvalue weighted by Crippen LogP contribution is -2.30. The van der Waals surface area contributed by atoms with Crippen molar-refractivity contribution in [2.24, 2.45) is 17.8 Å². The van der Waals surface area contributed by atoms with Crippen LogP contribution in [-0.2, 0) is 11.2 Å². The lowest BCUT2D eigenvalue weighted by Gasteiger charge is -2.39. The van der Waals surface area contributed by atoms with E-state index < -0.39 is 5.97 Å². The number of rotatable bonds is 8. The fourth-order valence-corrected chi connectivity index (χ4v) is 5.32. The van der Waals surface area contributed by atoms with Crippen molar-refractivity contribution in [3.05, 3.63) is 48.0 Å². The predicted molar refractivity (Wildman–Crippen MR) is 137 cm³/mol. The Kier molecular flexibility index (Phi) is 7.15. The number of fused-ring (bicyclic) bond motifs is 1. The zero-order valence-corrected chi connectivity index (χ0v) is 20.9. The van der Waals surface area contributed by atoms with Crippen LogP contribution >= 0.6 is 0 Å². The molecule has 0 unspecified atom stereocenters. The molecular formula is C28H37N3O3. The van der Waals surface area contributed by atoms with E-state index in [9.17, 15) is 9.90 Å². The summed E-state index contributed by atoms with van der Waals surface area (Å²) in [7, 11) is 0. The van der Waals surface area contributed by atoms with Crippen molar-refractivity contribution in [3.8, 4) is 5.75 Å². The van der Waals surface area contributed by atoms with E-state index in [2.05, 4.69) is 30.7 Å². The number of ether oxygens (including phenoxy) is 1. The summed E-state index contributed by atoms with van der Waals surface area (Å²) in [6, 6.07) is 14.2. The van der Waals surface area contributed by atoms with Crippen LogP contribution in [0.2, 0.25) is 0 Å². The number of imidazole rings is 1. The average molecular weight is 464 g/mol. The van der Waals surface area contributed by atoms with Gasteiger partial charge in [0, 0.05) is 11.7 Å². The molecule has 4 rings (SSSR count). The van der Waals surface area contributed by atoms with Crippen LogP contribution in [0.25, 0.3) is 11.0 Å². The summed E-state index contributed by atoms with van der Waals surface area (Å²) in [5, 5.41) is 12.8. The van der Waals surface area contributed by atoms with Gasteiger partial charge in [0.15, 0.2) is 0 Å². The minimum atomic E-state index is -0.832. The molecule has 6 heteroatoms. The number of anilines is 2. The number of hydrogen-bond donors (Lipinski definition) is 2. The van der Waals surface area contributed by atoms with E-state index in [0.29, 0.717) is 23.8 Å². The summed E-state index contributed by atoms with van der Waals surface area (Å²) < 4.78 is 8.16. The van der Waals surface area contributed by atoms with Crippen LogP contribution in [0, 0.1) is 17.8 Å². The van der Waals surface area contributed by atoms with Gasteiger partial charge in [-0.1, -0.05) is 33.3 Å². The molecule has 1 aliphatic rings. The van der Waals surface area contributed by atoms with Crippen molar-refractivity contribution in [2.45, 2.75) is 72.4 Å². The molecule has 2 aromatic carbocycles. The summed E-state index contributed by atoms with van der Waals surface area (Å²) in [5.41, 5.74) is 3.61. The van der Waals surface area contributed by atoms with E-state index in [1.807, 2.05) is 56.3 Å². The van der Waals surface area contributed by atoms with Gasteiger partial charge >= 0.3 is 5.97 Å². The van der Waals surface area contributed by atoms with Gasteiger partial charge in [0.1, 0.15) is 5.75 Å². The van der Waals surface area contributed by atoms with E-state index >= 15 is 0 Å². The average Bonchev–Trinajstić information content (AvgIpc) is 3.10. The van der Waals surface area contributed by atoms with Gasteiger partial charge in [-0.2, -0.15) is 0 Å². The Morgan fingerprint density at radius 3 is 2.53 bits per heavy atom. The second kappa shape index (κ2) is 10.1. The molecule has 1 heterocycles. The molecule has 34 heavy (non-hydrogen) atoms. The van der Waals surface area contributed by atoms with Crippen LogP contribution in [0.1, 0.15) is 65.5 Å². The molecule has 0 bridgehead atoms. The Morgan fingerprint density at radius 1 is 1.15 bits per heavy atom. The first-order valence-electron chi connectivity index (χ1n) is 12.5. The summed E-state index contributed by atoms with van der Waals surface area (Å²) in [4.78, 5) is 16.2. The molecule has 1 fully saturated rings. The first kappa shape index (κ1) is 24.1. The largest absolute Gasteiger partial charge is 0.491 e. The highest BCUT2D eigenvalue weighted by atomic mass is 16.5. The SMILES string of the molecule is CC(C)Oc1ccc(Nc2nc3cc(CC(=O)O)ccc3n2[C@@H]2C[C@H](C)CC[C@H]2C(C)C)cc1. The third kappa shape index (κ3) is 5.37. The molecule has 0 saturated heterocycles. The van der Waals surface area contributed by atoms with Crippen molar-refractivity contribution >= 4 is 28.6 Å². The Morgan fingerprint density at radius 2 is 1.88 bits per heavy atom. The maximum atomic E-state index is 11.3. The smallest absolute Gasteiger partial charge is 0.307 e. The second-order valence-electron chi connectivity index (χ2n) is 10.4. The van der Waals surface area contributed by atoms with Gasteiger partial charge in [0.2, 0.25) is 5.95 Å². The predicted octanol–water partition coefficient (Wildman–Crippen LogP) is 6.83. The van der Waals surface area contributed by atoms with Crippen LogP contribution in [-0.4, -0.2) is 26.7 Å². The highest BCUT2D eigenvalue weighted by Gasteiger charge is 2.34. The molecule has 182 valence electrons. The normalized spacial score (nSPS) is 20.7. The number of hydrogen-bond acceptors (Lipinski definition) is 4. The molecule has 3 atom stereocenters. The van der Waals surface area contributed by atoms with E-state index in [0.717, 1.165) is 40.4 Å². The second-order valence-corrected chi connectivity index (χ2v) is 10.4. The van der Waals surface area contributed by atoms with E-state index in [1.165, 1.54) is 12.8 Å². The molecule has 1 saturated carbocycles. The zero-order chi connectivity index (χ0) is 24.4. The quantitative estimate of drug-likeness (QED) is 0.383. The zero-order valence-electron chi connectivity index (χ0n) is 20.9. The van der Waals surface area contributed by atoms with Crippen molar-refractivity contribution in [3.63, 3.8) is 0 Å². The van der Waals surface area contributed by atoms with Crippen molar-refractivity contribution in [1.82, 2.24) is 9.55 Å². The number of aromatic nitrogens is 2. The number of carbonyl (C=O) groups is 1. The number of benzene rings is 2. The van der Waals surface area contributed by atoms with Crippen molar-refractivity contribution < 1.29 is 14.6 Å². The van der Waals surface area contributed by atoms with Gasteiger partial charge in [-0.05, 0) is 86.4 Å². The summed E-state index contributed by atoms with van der Waals surface area (Å²) in [6.45, 7) is 11.0. The fraction of sp³-hybridized carbons (Fsp3) is 0.500. The molecule has 0 aliphatic heterocycles. The van der Waals surface area contributed by atoms with Gasteiger partial charge in [0.25, 0.3) is 0 Å². The molecule has 1 aliphatic carbocycles. The number of carboxylic acids is 1. The van der Waals surface area contributed by atoms with Gasteiger partial charge in [-0.15, -0.1) is 0 Å². The Labute approximate surface area is 202 Å². The fourth-order valence-electron chi connectivity index (χ4n) is 5.32. The molecule has 0 radical (unpaired) electrons. The first-order chi connectivity index (χ1) is 16.2. The van der Waals surface area contributed by atoms with E-state index in [-0.39, 0.29) is 12.5 Å². The van der Waals surface area contributed by atoms with Crippen molar-refractivity contribution in [1.29, 1.82) is 0 Å². The minimum Gasteiger partial charge on any atom is -0.491 e. The van der Waals surface area contributed by atoms with E-state index in [1.54, 1.807) is 0 Å². The lowest BCUT2D eigenvalue weighted by molar-refractivity contribution is -0.136. The van der Waals surface area contributed by atoms with Gasteiger partial charge in [-0.3, -0.25) is 4.79 Å². The third-order valence-electron chi connectivity index (χ3n) is 6.91. The Hall–Kier alpha value is -3.02. The van der Waals surface area contributed by atoms with Crippen LogP contribution in [0.4, 0.5) is 11.6 Å². The molecule has 0 spiro atoms. The van der Waals surface area contributed by atoms with Crippen LogP contribution in [0.15, 0.2) is 42.5 Å². The van der Waals surface area contributed by atoms with Crippen LogP contribution in [0.5, 0.6) is 5.75 Å². The summed E-state index contributed by atoms with van der Waals surface area (Å²) >= 11 is 0. The number of nitrogens with zero attached hydrogens (tertiary/aromatic N) is 2. The van der Waals surface area contributed by atoms with Crippen LogP contribution in [0.3, 0.4) is 0 Å². The molecule has 3 aromatic rings. The minimum absolute atomic E-state index is 0.00203. The van der Waals surface area contributed by atoms with Gasteiger partial charge in [0.05, 0.1) is 23.6 Å². The van der Waals surface area contributed by atoms with Gasteiger partial charge < -0.3 is 19.7 Å². The maximum Gasteiger partial charge on any atom is 0.307 e. The monoisotopic (exact) mass is 463 g/mol. The molecular weight excluding hydrogens is 426 g/mol. The molecule has 0 amide bonds.